The van der Waals surface area contributed by atoms with Crippen LogP contribution < -0.4 is 5.32 Å². The quantitative estimate of drug-likeness (QED) is 0.689. The van der Waals surface area contributed by atoms with E-state index in [4.69, 9.17) is 0 Å². The molecule has 0 spiro atoms. The molecular formula is C16H17N3O2. The van der Waals surface area contributed by atoms with Gasteiger partial charge in [-0.15, -0.1) is 0 Å². The molecule has 2 aromatic rings. The van der Waals surface area contributed by atoms with E-state index < -0.39 is 4.92 Å². The Balaban J connectivity index is 1.87. The molecule has 21 heavy (non-hydrogen) atoms. The number of anilines is 1. The lowest BCUT2D eigenvalue weighted by Gasteiger charge is -2.19. The van der Waals surface area contributed by atoms with Crippen molar-refractivity contribution in [2.75, 3.05) is 5.32 Å². The van der Waals surface area contributed by atoms with Gasteiger partial charge >= 0.3 is 0 Å². The number of hydrogen-bond acceptors (Lipinski definition) is 4. The van der Waals surface area contributed by atoms with Gasteiger partial charge in [-0.25, -0.2) is 4.98 Å². The monoisotopic (exact) mass is 283 g/mol. The summed E-state index contributed by atoms with van der Waals surface area (Å²) in [5.74, 6) is 1.16. The van der Waals surface area contributed by atoms with Gasteiger partial charge in [0.25, 0.3) is 5.69 Å². The molecule has 1 aliphatic carbocycles. The number of nitro groups is 1. The number of nitrogens with zero attached hydrogens (tertiary/aromatic N) is 2. The normalized spacial score (nSPS) is 20.1. The van der Waals surface area contributed by atoms with Gasteiger partial charge in [0.2, 0.25) is 0 Å². The highest BCUT2D eigenvalue weighted by molar-refractivity contribution is 5.50. The smallest absolute Gasteiger partial charge is 0.290 e. The van der Waals surface area contributed by atoms with Crippen LogP contribution in [0.1, 0.15) is 29.7 Å². The van der Waals surface area contributed by atoms with E-state index >= 15 is 0 Å². The average Bonchev–Trinajstić information content (AvgIpc) is 2.75. The maximum absolute atomic E-state index is 10.8. The Bertz CT molecular complexity index is 700. The molecule has 2 atom stereocenters. The fourth-order valence-electron chi connectivity index (χ4n) is 2.99. The number of benzene rings is 1. The number of hydrogen-bond donors (Lipinski definition) is 1. The molecule has 1 N–H and O–H groups in total. The minimum Gasteiger partial charge on any atom is -0.363 e. The van der Waals surface area contributed by atoms with Crippen molar-refractivity contribution < 1.29 is 4.92 Å². The number of rotatable bonds is 3. The van der Waals surface area contributed by atoms with Gasteiger partial charge in [-0.3, -0.25) is 10.1 Å². The summed E-state index contributed by atoms with van der Waals surface area (Å²) < 4.78 is 0. The molecule has 0 bridgehead atoms. The number of aryl methyl sites for hydroxylation is 1. The van der Waals surface area contributed by atoms with Crippen LogP contribution in [0.3, 0.4) is 0 Å². The van der Waals surface area contributed by atoms with Crippen LogP contribution in [0.15, 0.2) is 36.5 Å². The van der Waals surface area contributed by atoms with E-state index in [0.717, 1.165) is 6.42 Å². The highest BCUT2D eigenvalue weighted by Gasteiger charge is 2.29. The molecule has 0 saturated carbocycles. The van der Waals surface area contributed by atoms with Crippen LogP contribution in [0.2, 0.25) is 0 Å². The fourth-order valence-corrected chi connectivity index (χ4v) is 2.99. The van der Waals surface area contributed by atoms with Gasteiger partial charge in [0.05, 0.1) is 11.0 Å². The molecule has 0 aliphatic heterocycles. The Morgan fingerprint density at radius 1 is 1.38 bits per heavy atom. The lowest BCUT2D eigenvalue weighted by molar-refractivity contribution is -0.385. The predicted molar refractivity (Wildman–Crippen MR) is 81.3 cm³/mol. The first-order valence-electron chi connectivity index (χ1n) is 7.01. The Morgan fingerprint density at radius 3 is 2.86 bits per heavy atom. The van der Waals surface area contributed by atoms with E-state index in [2.05, 4.69) is 35.4 Å². The predicted octanol–water partition coefficient (Wildman–Crippen LogP) is 3.64. The van der Waals surface area contributed by atoms with E-state index in [1.807, 2.05) is 6.07 Å². The van der Waals surface area contributed by atoms with E-state index in [1.165, 1.54) is 17.3 Å². The largest absolute Gasteiger partial charge is 0.363 e. The van der Waals surface area contributed by atoms with Gasteiger partial charge in [-0.05, 0) is 36.5 Å². The summed E-state index contributed by atoms with van der Waals surface area (Å²) in [4.78, 5) is 14.6. The summed E-state index contributed by atoms with van der Waals surface area (Å²) >= 11 is 0. The molecule has 0 amide bonds. The molecule has 5 heteroatoms. The molecule has 1 aromatic heterocycles. The fraction of sp³-hybridized carbons (Fsp3) is 0.312. The summed E-state index contributed by atoms with van der Waals surface area (Å²) in [7, 11) is 0. The second-order valence-corrected chi connectivity index (χ2v) is 5.62. The highest BCUT2D eigenvalue weighted by Crippen LogP contribution is 2.38. The van der Waals surface area contributed by atoms with E-state index in [0.29, 0.717) is 17.3 Å². The Morgan fingerprint density at radius 2 is 2.14 bits per heavy atom. The minimum absolute atomic E-state index is 0.0559. The van der Waals surface area contributed by atoms with Gasteiger partial charge in [-0.1, -0.05) is 31.2 Å². The summed E-state index contributed by atoms with van der Waals surface area (Å²) in [6, 6.07) is 10.3. The number of fused-ring (bicyclic) bond motifs is 1. The summed E-state index contributed by atoms with van der Waals surface area (Å²) in [5, 5.41) is 14.3. The van der Waals surface area contributed by atoms with Crippen molar-refractivity contribution in [3.8, 4) is 0 Å². The zero-order valence-corrected chi connectivity index (χ0v) is 12.0. The van der Waals surface area contributed by atoms with Crippen molar-refractivity contribution >= 4 is 11.5 Å². The van der Waals surface area contributed by atoms with Crippen molar-refractivity contribution in [2.45, 2.75) is 26.3 Å². The van der Waals surface area contributed by atoms with Crippen molar-refractivity contribution in [2.24, 2.45) is 5.92 Å². The maximum atomic E-state index is 10.8. The molecule has 0 radical (unpaired) electrons. The van der Waals surface area contributed by atoms with Gasteiger partial charge in [0.15, 0.2) is 0 Å². The minimum atomic E-state index is -0.403. The van der Waals surface area contributed by atoms with Crippen molar-refractivity contribution in [3.63, 3.8) is 0 Å². The zero-order valence-electron chi connectivity index (χ0n) is 12.0. The summed E-state index contributed by atoms with van der Waals surface area (Å²) in [6.07, 6.45) is 2.36. The van der Waals surface area contributed by atoms with Crippen LogP contribution in [0, 0.1) is 23.0 Å². The zero-order chi connectivity index (χ0) is 15.0. The van der Waals surface area contributed by atoms with Crippen LogP contribution >= 0.6 is 0 Å². The van der Waals surface area contributed by atoms with Crippen molar-refractivity contribution in [1.82, 2.24) is 4.98 Å². The Kier molecular flexibility index (Phi) is 3.33. The van der Waals surface area contributed by atoms with Gasteiger partial charge in [-0.2, -0.15) is 0 Å². The standard InChI is InChI=1S/C16H17N3O2/c1-10-8-15(17-9-14(10)19(20)21)18-16-11(2)7-12-5-3-4-6-13(12)16/h3-6,8-9,11,16H,7H2,1-2H3,(H,17,18). The lowest BCUT2D eigenvalue weighted by Crippen LogP contribution is -2.15. The summed E-state index contributed by atoms with van der Waals surface area (Å²) in [6.45, 7) is 3.94. The second kappa shape index (κ2) is 5.16. The molecule has 2 unspecified atom stereocenters. The van der Waals surface area contributed by atoms with Crippen LogP contribution in [-0.4, -0.2) is 9.91 Å². The first-order valence-corrected chi connectivity index (χ1v) is 7.01. The molecule has 1 aliphatic rings. The first kappa shape index (κ1) is 13.5. The molecule has 108 valence electrons. The van der Waals surface area contributed by atoms with E-state index in [-0.39, 0.29) is 11.7 Å². The number of pyridine rings is 1. The lowest BCUT2D eigenvalue weighted by atomic mass is 10.0. The maximum Gasteiger partial charge on any atom is 0.290 e. The summed E-state index contributed by atoms with van der Waals surface area (Å²) in [5.41, 5.74) is 3.33. The third kappa shape index (κ3) is 2.46. The van der Waals surface area contributed by atoms with Gasteiger partial charge in [0, 0.05) is 5.56 Å². The van der Waals surface area contributed by atoms with E-state index in [9.17, 15) is 10.1 Å². The first-order chi connectivity index (χ1) is 10.1. The Labute approximate surface area is 123 Å². The van der Waals surface area contributed by atoms with E-state index in [1.54, 1.807) is 13.0 Å². The van der Waals surface area contributed by atoms with Crippen molar-refractivity contribution in [3.05, 3.63) is 63.3 Å². The van der Waals surface area contributed by atoms with Crippen LogP contribution in [0.25, 0.3) is 0 Å². The molecular weight excluding hydrogens is 266 g/mol. The third-order valence-corrected chi connectivity index (χ3v) is 4.08. The molecule has 5 nitrogen and oxygen atoms in total. The van der Waals surface area contributed by atoms with Crippen molar-refractivity contribution in [1.29, 1.82) is 0 Å². The van der Waals surface area contributed by atoms with Gasteiger partial charge in [0.1, 0.15) is 12.0 Å². The number of aromatic nitrogens is 1. The molecule has 0 fully saturated rings. The van der Waals surface area contributed by atoms with Crippen LogP contribution in [-0.2, 0) is 6.42 Å². The third-order valence-electron chi connectivity index (χ3n) is 4.08. The topological polar surface area (TPSA) is 68.1 Å². The molecule has 0 saturated heterocycles. The van der Waals surface area contributed by atoms with Crippen LogP contribution in [0.5, 0.6) is 0 Å². The Hall–Kier alpha value is -2.43. The molecule has 1 aromatic carbocycles. The highest BCUT2D eigenvalue weighted by atomic mass is 16.6. The SMILES string of the molecule is Cc1cc(NC2c3ccccc3CC2C)ncc1[N+](=O)[O-]. The molecule has 1 heterocycles. The molecule has 3 rings (SSSR count). The second-order valence-electron chi connectivity index (χ2n) is 5.62. The van der Waals surface area contributed by atoms with Gasteiger partial charge < -0.3 is 5.32 Å². The average molecular weight is 283 g/mol. The number of nitrogens with one attached hydrogen (secondary N) is 1. The van der Waals surface area contributed by atoms with Crippen LogP contribution in [0.4, 0.5) is 11.5 Å².